The fourth-order valence-electron chi connectivity index (χ4n) is 1.88. The van der Waals surface area contributed by atoms with Crippen LogP contribution in [0.1, 0.15) is 11.1 Å². The summed E-state index contributed by atoms with van der Waals surface area (Å²) >= 11 is 5.78. The molecule has 0 radical (unpaired) electrons. The lowest BCUT2D eigenvalue weighted by Gasteiger charge is -2.21. The lowest BCUT2D eigenvalue weighted by molar-refractivity contribution is 0.150. The molecule has 21 heavy (non-hydrogen) atoms. The van der Waals surface area contributed by atoms with Crippen LogP contribution in [-0.4, -0.2) is 53.2 Å². The Balaban J connectivity index is 2.83. The molecule has 0 N–H and O–H groups in total. The van der Waals surface area contributed by atoms with Crippen LogP contribution in [0.25, 0.3) is 0 Å². The Morgan fingerprint density at radius 2 is 1.67 bits per heavy atom. The molecule has 7 heteroatoms. The van der Waals surface area contributed by atoms with Crippen molar-refractivity contribution in [3.05, 3.63) is 35.4 Å². The molecular formula is C14H22ClNO4S. The Morgan fingerprint density at radius 1 is 1.10 bits per heavy atom. The molecule has 0 amide bonds. The summed E-state index contributed by atoms with van der Waals surface area (Å²) in [6, 6.07) is 7.29. The summed E-state index contributed by atoms with van der Waals surface area (Å²) in [5.74, 6) is 0.316. The third kappa shape index (κ3) is 6.32. The van der Waals surface area contributed by atoms with Crippen molar-refractivity contribution in [1.29, 1.82) is 0 Å². The second-order valence-corrected chi connectivity index (χ2v) is 6.83. The number of hydrogen-bond donors (Lipinski definition) is 0. The van der Waals surface area contributed by atoms with Crippen molar-refractivity contribution in [3.63, 3.8) is 0 Å². The van der Waals surface area contributed by atoms with Crippen LogP contribution in [-0.2, 0) is 31.1 Å². The van der Waals surface area contributed by atoms with Gasteiger partial charge < -0.3 is 9.47 Å². The zero-order valence-corrected chi connectivity index (χ0v) is 14.0. The van der Waals surface area contributed by atoms with Crippen LogP contribution in [0.15, 0.2) is 24.3 Å². The van der Waals surface area contributed by atoms with E-state index in [-0.39, 0.29) is 5.75 Å². The first-order valence-corrected chi connectivity index (χ1v) is 8.77. The quantitative estimate of drug-likeness (QED) is 0.612. The van der Waals surface area contributed by atoms with Crippen LogP contribution in [0.2, 0.25) is 0 Å². The highest BCUT2D eigenvalue weighted by molar-refractivity contribution is 7.88. The lowest BCUT2D eigenvalue weighted by atomic mass is 10.2. The number of rotatable bonds is 10. The van der Waals surface area contributed by atoms with Crippen LogP contribution in [0.5, 0.6) is 0 Å². The predicted octanol–water partition coefficient (Wildman–Crippen LogP) is 1.85. The average Bonchev–Trinajstić information content (AvgIpc) is 2.46. The maximum absolute atomic E-state index is 12.5. The molecule has 0 aliphatic rings. The minimum atomic E-state index is -3.41. The van der Waals surface area contributed by atoms with Crippen molar-refractivity contribution in [2.24, 2.45) is 0 Å². The number of sulfonamides is 1. The molecule has 0 fully saturated rings. The molecule has 0 aliphatic heterocycles. The highest BCUT2D eigenvalue weighted by Gasteiger charge is 2.22. The van der Waals surface area contributed by atoms with Gasteiger partial charge in [0, 0.05) is 33.2 Å². The van der Waals surface area contributed by atoms with Crippen LogP contribution >= 0.6 is 11.6 Å². The van der Waals surface area contributed by atoms with Gasteiger partial charge in [-0.05, 0) is 11.1 Å². The van der Waals surface area contributed by atoms with E-state index in [9.17, 15) is 8.42 Å². The van der Waals surface area contributed by atoms with Crippen LogP contribution in [0.4, 0.5) is 0 Å². The third-order valence-electron chi connectivity index (χ3n) is 2.98. The van der Waals surface area contributed by atoms with Gasteiger partial charge >= 0.3 is 0 Å². The molecular weight excluding hydrogens is 314 g/mol. The Morgan fingerprint density at radius 3 is 2.19 bits per heavy atom. The highest BCUT2D eigenvalue weighted by Crippen LogP contribution is 2.14. The van der Waals surface area contributed by atoms with E-state index in [0.29, 0.717) is 32.2 Å². The fourth-order valence-corrected chi connectivity index (χ4v) is 3.54. The van der Waals surface area contributed by atoms with Crippen LogP contribution < -0.4 is 0 Å². The number of benzene rings is 1. The summed E-state index contributed by atoms with van der Waals surface area (Å²) in [7, 11) is -0.321. The zero-order chi connectivity index (χ0) is 15.7. The molecule has 1 aromatic carbocycles. The van der Waals surface area contributed by atoms with Gasteiger partial charge in [0.25, 0.3) is 0 Å². The first-order valence-electron chi connectivity index (χ1n) is 6.63. The van der Waals surface area contributed by atoms with Gasteiger partial charge in [0.2, 0.25) is 10.0 Å². The van der Waals surface area contributed by atoms with Gasteiger partial charge in [-0.25, -0.2) is 8.42 Å². The van der Waals surface area contributed by atoms with E-state index in [1.165, 1.54) is 4.31 Å². The summed E-state index contributed by atoms with van der Waals surface area (Å²) in [5, 5.41) is 0. The molecule has 0 bridgehead atoms. The van der Waals surface area contributed by atoms with E-state index in [4.69, 9.17) is 21.1 Å². The van der Waals surface area contributed by atoms with Crippen LogP contribution in [0, 0.1) is 0 Å². The van der Waals surface area contributed by atoms with Gasteiger partial charge in [-0.1, -0.05) is 24.3 Å². The summed E-state index contributed by atoms with van der Waals surface area (Å²) in [6.45, 7) is 1.34. The largest absolute Gasteiger partial charge is 0.383 e. The Labute approximate surface area is 131 Å². The summed E-state index contributed by atoms with van der Waals surface area (Å²) in [6.07, 6.45) is 0. The van der Waals surface area contributed by atoms with E-state index >= 15 is 0 Å². The molecule has 120 valence electrons. The lowest BCUT2D eigenvalue weighted by Crippen LogP contribution is -2.37. The van der Waals surface area contributed by atoms with Gasteiger partial charge in [-0.3, -0.25) is 0 Å². The van der Waals surface area contributed by atoms with Gasteiger partial charge in [0.1, 0.15) is 0 Å². The molecule has 0 unspecified atom stereocenters. The number of halogens is 1. The molecule has 5 nitrogen and oxygen atoms in total. The van der Waals surface area contributed by atoms with E-state index < -0.39 is 10.0 Å². The van der Waals surface area contributed by atoms with Crippen molar-refractivity contribution < 1.29 is 17.9 Å². The molecule has 0 aliphatic carbocycles. The number of methoxy groups -OCH3 is 2. The summed E-state index contributed by atoms with van der Waals surface area (Å²) in [5.41, 5.74) is 1.64. The summed E-state index contributed by atoms with van der Waals surface area (Å²) < 4.78 is 36.3. The smallest absolute Gasteiger partial charge is 0.218 e. The number of hydrogen-bond acceptors (Lipinski definition) is 4. The van der Waals surface area contributed by atoms with E-state index in [1.807, 2.05) is 18.2 Å². The SMILES string of the molecule is COCCN(CCOC)S(=O)(=O)Cc1cccc(CCl)c1. The first kappa shape index (κ1) is 18.4. The number of ether oxygens (including phenoxy) is 2. The summed E-state index contributed by atoms with van der Waals surface area (Å²) in [4.78, 5) is 0. The van der Waals surface area contributed by atoms with E-state index in [2.05, 4.69) is 0 Å². The molecule has 0 heterocycles. The Hall–Kier alpha value is -0.660. The molecule has 0 saturated heterocycles. The van der Waals surface area contributed by atoms with Crippen molar-refractivity contribution in [2.45, 2.75) is 11.6 Å². The topological polar surface area (TPSA) is 55.8 Å². The van der Waals surface area contributed by atoms with Gasteiger partial charge in [-0.2, -0.15) is 4.31 Å². The van der Waals surface area contributed by atoms with E-state index in [1.54, 1.807) is 20.3 Å². The number of alkyl halides is 1. The van der Waals surface area contributed by atoms with Crippen molar-refractivity contribution in [3.8, 4) is 0 Å². The normalized spacial score (nSPS) is 12.0. The molecule has 0 aromatic heterocycles. The maximum atomic E-state index is 12.5. The van der Waals surface area contributed by atoms with Gasteiger partial charge in [0.05, 0.1) is 19.0 Å². The molecule has 0 saturated carbocycles. The zero-order valence-electron chi connectivity index (χ0n) is 12.4. The maximum Gasteiger partial charge on any atom is 0.218 e. The molecule has 0 atom stereocenters. The number of nitrogens with zero attached hydrogens (tertiary/aromatic N) is 1. The van der Waals surface area contributed by atoms with E-state index in [0.717, 1.165) is 11.1 Å². The average molecular weight is 336 g/mol. The monoisotopic (exact) mass is 335 g/mol. The second kappa shape index (κ2) is 9.38. The van der Waals surface area contributed by atoms with Crippen LogP contribution in [0.3, 0.4) is 0 Å². The van der Waals surface area contributed by atoms with Crippen molar-refractivity contribution in [2.75, 3.05) is 40.5 Å². The van der Waals surface area contributed by atoms with Crippen molar-refractivity contribution in [1.82, 2.24) is 4.31 Å². The van der Waals surface area contributed by atoms with Gasteiger partial charge in [0.15, 0.2) is 0 Å². The molecule has 0 spiro atoms. The molecule has 1 aromatic rings. The minimum absolute atomic E-state index is 0.0504. The minimum Gasteiger partial charge on any atom is -0.383 e. The van der Waals surface area contributed by atoms with Gasteiger partial charge in [-0.15, -0.1) is 11.6 Å². The Bertz CT molecular complexity index is 513. The van der Waals surface area contributed by atoms with Crippen molar-refractivity contribution >= 4 is 21.6 Å². The molecule has 1 rings (SSSR count). The predicted molar refractivity (Wildman–Crippen MR) is 83.9 cm³/mol. The first-order chi connectivity index (χ1) is 10.0. The Kier molecular flexibility index (Phi) is 8.21. The second-order valence-electron chi connectivity index (χ2n) is 4.59. The standard InChI is InChI=1S/C14H22ClNO4S/c1-19-8-6-16(7-9-20-2)21(17,18)12-14-5-3-4-13(10-14)11-15/h3-5,10H,6-9,11-12H2,1-2H3. The highest BCUT2D eigenvalue weighted by atomic mass is 35.5. The fraction of sp³-hybridized carbons (Fsp3) is 0.571. The third-order valence-corrected chi connectivity index (χ3v) is 5.14.